The summed E-state index contributed by atoms with van der Waals surface area (Å²) in [6, 6.07) is 8.43. The summed E-state index contributed by atoms with van der Waals surface area (Å²) in [6.45, 7) is 4.58. The van der Waals surface area contributed by atoms with Crippen molar-refractivity contribution in [3.05, 3.63) is 36.0 Å². The lowest BCUT2D eigenvalue weighted by Crippen LogP contribution is -2.19. The van der Waals surface area contributed by atoms with E-state index in [1.54, 1.807) is 0 Å². The molecule has 92 valence electrons. The quantitative estimate of drug-likeness (QED) is 0.849. The second-order valence-electron chi connectivity index (χ2n) is 4.78. The van der Waals surface area contributed by atoms with Crippen LogP contribution in [0.3, 0.4) is 0 Å². The molecule has 1 heterocycles. The molecule has 0 amide bonds. The smallest absolute Gasteiger partial charge is 0.0949 e. The van der Waals surface area contributed by atoms with Gasteiger partial charge in [-0.2, -0.15) is 0 Å². The van der Waals surface area contributed by atoms with E-state index in [0.29, 0.717) is 12.5 Å². The number of nitrogens with zero attached hydrogens (tertiary/aromatic N) is 1. The summed E-state index contributed by atoms with van der Waals surface area (Å²) >= 11 is 0. The van der Waals surface area contributed by atoms with E-state index in [-0.39, 0.29) is 6.61 Å². The zero-order valence-electron chi connectivity index (χ0n) is 10.3. The number of aromatic nitrogens is 1. The fourth-order valence-corrected chi connectivity index (χ4v) is 2.02. The van der Waals surface area contributed by atoms with Crippen LogP contribution in [0.2, 0.25) is 0 Å². The topological polar surface area (TPSA) is 45.4 Å². The van der Waals surface area contributed by atoms with E-state index >= 15 is 0 Å². The lowest BCUT2D eigenvalue weighted by Gasteiger charge is -2.10. The molecule has 1 aromatic carbocycles. The number of aliphatic hydroxyl groups excluding tert-OH is 2. The van der Waals surface area contributed by atoms with Crippen LogP contribution in [0.5, 0.6) is 0 Å². The Hall–Kier alpha value is -1.32. The van der Waals surface area contributed by atoms with Crippen molar-refractivity contribution in [2.75, 3.05) is 6.61 Å². The van der Waals surface area contributed by atoms with Gasteiger partial charge in [0, 0.05) is 11.7 Å². The highest BCUT2D eigenvalue weighted by molar-refractivity contribution is 5.81. The maximum absolute atomic E-state index is 9.46. The van der Waals surface area contributed by atoms with E-state index in [0.717, 1.165) is 5.52 Å². The molecule has 0 fully saturated rings. The molecular weight excluding hydrogens is 214 g/mol. The van der Waals surface area contributed by atoms with Gasteiger partial charge >= 0.3 is 0 Å². The number of benzene rings is 1. The Kier molecular flexibility index (Phi) is 3.50. The summed E-state index contributed by atoms with van der Waals surface area (Å²) in [7, 11) is 0. The van der Waals surface area contributed by atoms with Crippen molar-refractivity contribution < 1.29 is 10.2 Å². The molecule has 0 aliphatic rings. The average molecular weight is 233 g/mol. The SMILES string of the molecule is CC(C)c1ccc2c(ccn2CC(O)CO)c1. The number of hydrogen-bond donors (Lipinski definition) is 2. The van der Waals surface area contributed by atoms with Gasteiger partial charge in [0.1, 0.15) is 0 Å². The molecule has 1 aromatic heterocycles. The Morgan fingerprint density at radius 2 is 2.00 bits per heavy atom. The van der Waals surface area contributed by atoms with Crippen molar-refractivity contribution >= 4 is 10.9 Å². The number of hydrogen-bond acceptors (Lipinski definition) is 2. The van der Waals surface area contributed by atoms with Gasteiger partial charge < -0.3 is 14.8 Å². The first-order valence-electron chi connectivity index (χ1n) is 5.99. The van der Waals surface area contributed by atoms with Gasteiger partial charge in [-0.1, -0.05) is 19.9 Å². The molecule has 2 rings (SSSR count). The van der Waals surface area contributed by atoms with E-state index in [1.807, 2.05) is 16.8 Å². The summed E-state index contributed by atoms with van der Waals surface area (Å²) in [5.41, 5.74) is 2.42. The van der Waals surface area contributed by atoms with Crippen molar-refractivity contribution in [2.45, 2.75) is 32.4 Å². The van der Waals surface area contributed by atoms with Crippen LogP contribution in [0, 0.1) is 0 Å². The van der Waals surface area contributed by atoms with Gasteiger partial charge in [-0.25, -0.2) is 0 Å². The number of aliphatic hydroxyl groups is 2. The third-order valence-electron chi connectivity index (χ3n) is 3.08. The highest BCUT2D eigenvalue weighted by Crippen LogP contribution is 2.22. The Morgan fingerprint density at radius 1 is 1.24 bits per heavy atom. The highest BCUT2D eigenvalue weighted by Gasteiger charge is 2.07. The Morgan fingerprint density at radius 3 is 2.65 bits per heavy atom. The molecule has 3 heteroatoms. The summed E-state index contributed by atoms with van der Waals surface area (Å²) in [5.74, 6) is 0.519. The molecule has 0 saturated heterocycles. The first-order valence-corrected chi connectivity index (χ1v) is 5.99. The maximum Gasteiger partial charge on any atom is 0.0949 e. The zero-order chi connectivity index (χ0) is 12.4. The molecule has 17 heavy (non-hydrogen) atoms. The minimum absolute atomic E-state index is 0.205. The molecule has 2 N–H and O–H groups in total. The van der Waals surface area contributed by atoms with Crippen molar-refractivity contribution in [2.24, 2.45) is 0 Å². The van der Waals surface area contributed by atoms with Gasteiger partial charge in [-0.3, -0.25) is 0 Å². The fourth-order valence-electron chi connectivity index (χ4n) is 2.02. The molecule has 0 saturated carbocycles. The van der Waals surface area contributed by atoms with Crippen LogP contribution < -0.4 is 0 Å². The third-order valence-corrected chi connectivity index (χ3v) is 3.08. The van der Waals surface area contributed by atoms with Gasteiger partial charge in [0.05, 0.1) is 19.3 Å². The van der Waals surface area contributed by atoms with Gasteiger partial charge in [0.2, 0.25) is 0 Å². The van der Waals surface area contributed by atoms with Crippen molar-refractivity contribution in [1.29, 1.82) is 0 Å². The number of rotatable bonds is 4. The number of fused-ring (bicyclic) bond motifs is 1. The molecule has 0 bridgehead atoms. The molecule has 1 unspecified atom stereocenters. The van der Waals surface area contributed by atoms with E-state index in [1.165, 1.54) is 10.9 Å². The largest absolute Gasteiger partial charge is 0.394 e. The first-order chi connectivity index (χ1) is 8.11. The predicted octanol–water partition coefficient (Wildman–Crippen LogP) is 2.12. The molecule has 0 spiro atoms. The van der Waals surface area contributed by atoms with Crippen LogP contribution >= 0.6 is 0 Å². The maximum atomic E-state index is 9.46. The van der Waals surface area contributed by atoms with E-state index < -0.39 is 6.10 Å². The normalized spacial score (nSPS) is 13.5. The molecule has 1 atom stereocenters. The Labute approximate surface area is 101 Å². The van der Waals surface area contributed by atoms with Crippen LogP contribution in [-0.4, -0.2) is 27.5 Å². The van der Waals surface area contributed by atoms with Crippen LogP contribution in [0.25, 0.3) is 10.9 Å². The van der Waals surface area contributed by atoms with Crippen molar-refractivity contribution in [1.82, 2.24) is 4.57 Å². The minimum Gasteiger partial charge on any atom is -0.394 e. The van der Waals surface area contributed by atoms with E-state index in [9.17, 15) is 5.11 Å². The lowest BCUT2D eigenvalue weighted by atomic mass is 10.0. The fraction of sp³-hybridized carbons (Fsp3) is 0.429. The Balaban J connectivity index is 2.35. The van der Waals surface area contributed by atoms with Crippen molar-refractivity contribution in [3.63, 3.8) is 0 Å². The zero-order valence-corrected chi connectivity index (χ0v) is 10.3. The van der Waals surface area contributed by atoms with Crippen LogP contribution in [-0.2, 0) is 6.54 Å². The summed E-state index contributed by atoms with van der Waals surface area (Å²) in [4.78, 5) is 0. The van der Waals surface area contributed by atoms with Crippen LogP contribution in [0.4, 0.5) is 0 Å². The molecule has 0 aliphatic carbocycles. The van der Waals surface area contributed by atoms with Crippen molar-refractivity contribution in [3.8, 4) is 0 Å². The summed E-state index contributed by atoms with van der Waals surface area (Å²) < 4.78 is 1.97. The molecule has 0 radical (unpaired) electrons. The third kappa shape index (κ3) is 2.51. The summed E-state index contributed by atoms with van der Waals surface area (Å²) in [5, 5.41) is 19.5. The molecule has 3 nitrogen and oxygen atoms in total. The second kappa shape index (κ2) is 4.90. The second-order valence-corrected chi connectivity index (χ2v) is 4.78. The molecule has 0 aliphatic heterocycles. The van der Waals surface area contributed by atoms with E-state index in [4.69, 9.17) is 5.11 Å². The lowest BCUT2D eigenvalue weighted by molar-refractivity contribution is 0.0822. The summed E-state index contributed by atoms with van der Waals surface area (Å²) in [6.07, 6.45) is 1.25. The van der Waals surface area contributed by atoms with Gasteiger partial charge in [0.15, 0.2) is 0 Å². The monoisotopic (exact) mass is 233 g/mol. The standard InChI is InChI=1S/C14H19NO2/c1-10(2)11-3-4-14-12(7-11)5-6-15(14)8-13(17)9-16/h3-7,10,13,16-17H,8-9H2,1-2H3. The average Bonchev–Trinajstić information content (AvgIpc) is 2.71. The molecule has 2 aromatic rings. The van der Waals surface area contributed by atoms with Gasteiger partial charge in [-0.15, -0.1) is 0 Å². The Bertz CT molecular complexity index is 502. The van der Waals surface area contributed by atoms with Crippen LogP contribution in [0.1, 0.15) is 25.3 Å². The minimum atomic E-state index is -0.699. The first kappa shape index (κ1) is 12.1. The van der Waals surface area contributed by atoms with Gasteiger partial charge in [-0.05, 0) is 35.1 Å². The van der Waals surface area contributed by atoms with Crippen LogP contribution in [0.15, 0.2) is 30.5 Å². The highest BCUT2D eigenvalue weighted by atomic mass is 16.3. The predicted molar refractivity (Wildman–Crippen MR) is 69.1 cm³/mol. The molecular formula is C14H19NO2. The van der Waals surface area contributed by atoms with E-state index in [2.05, 4.69) is 32.0 Å². The van der Waals surface area contributed by atoms with Gasteiger partial charge in [0.25, 0.3) is 0 Å².